The van der Waals surface area contributed by atoms with Crippen LogP contribution in [0.5, 0.6) is 0 Å². The summed E-state index contributed by atoms with van der Waals surface area (Å²) in [5.41, 5.74) is 7.20. The molecule has 1 atom stereocenters. The number of nitrogens with zero attached hydrogens (tertiary/aromatic N) is 2. The number of nitrogen functional groups attached to an aromatic ring is 1. The highest BCUT2D eigenvalue weighted by Crippen LogP contribution is 2.22. The monoisotopic (exact) mass is 246 g/mol. The molecule has 1 heterocycles. The van der Waals surface area contributed by atoms with Gasteiger partial charge in [0.05, 0.1) is 18.2 Å². The third kappa shape index (κ3) is 2.51. The lowest BCUT2D eigenvalue weighted by atomic mass is 10.1. The van der Waals surface area contributed by atoms with Gasteiger partial charge in [0.25, 0.3) is 0 Å². The number of nitrogens with one attached hydrogen (secondary N) is 1. The van der Waals surface area contributed by atoms with Crippen LogP contribution in [0.25, 0.3) is 10.9 Å². The number of hydrogen-bond acceptors (Lipinski definition) is 5. The Bertz CT molecular complexity index is 542. The van der Waals surface area contributed by atoms with Gasteiger partial charge in [0.15, 0.2) is 0 Å². The predicted molar refractivity (Wildman–Crippen MR) is 73.3 cm³/mol. The van der Waals surface area contributed by atoms with Crippen LogP contribution in [0, 0.1) is 5.92 Å². The van der Waals surface area contributed by atoms with Crippen molar-refractivity contribution in [2.45, 2.75) is 19.9 Å². The van der Waals surface area contributed by atoms with Gasteiger partial charge in [-0.05, 0) is 24.1 Å². The van der Waals surface area contributed by atoms with Gasteiger partial charge in [0.1, 0.15) is 12.1 Å². The van der Waals surface area contributed by atoms with Crippen LogP contribution in [0.1, 0.15) is 13.8 Å². The molecule has 0 aliphatic carbocycles. The Hall–Kier alpha value is -1.88. The molecule has 0 spiro atoms. The molecular formula is C13H18N4O. The molecule has 4 N–H and O–H groups in total. The number of benzene rings is 1. The zero-order valence-electron chi connectivity index (χ0n) is 10.6. The topological polar surface area (TPSA) is 84.1 Å². The first-order valence-electron chi connectivity index (χ1n) is 5.99. The summed E-state index contributed by atoms with van der Waals surface area (Å²) >= 11 is 0. The second-order valence-corrected chi connectivity index (χ2v) is 4.68. The minimum Gasteiger partial charge on any atom is -0.399 e. The second kappa shape index (κ2) is 5.18. The first-order valence-corrected chi connectivity index (χ1v) is 5.99. The molecule has 96 valence electrons. The predicted octanol–water partition coefficient (Wildman–Crippen LogP) is 1.64. The Morgan fingerprint density at radius 2 is 2.11 bits per heavy atom. The molecule has 0 fully saturated rings. The molecule has 0 bridgehead atoms. The van der Waals surface area contributed by atoms with E-state index in [0.29, 0.717) is 11.6 Å². The quantitative estimate of drug-likeness (QED) is 0.714. The summed E-state index contributed by atoms with van der Waals surface area (Å²) in [6.07, 6.45) is 1.50. The number of aliphatic hydroxyl groups is 1. The van der Waals surface area contributed by atoms with E-state index in [0.717, 1.165) is 16.7 Å². The number of rotatable bonds is 4. The molecule has 5 nitrogen and oxygen atoms in total. The van der Waals surface area contributed by atoms with Crippen molar-refractivity contribution in [1.29, 1.82) is 0 Å². The molecule has 5 heteroatoms. The van der Waals surface area contributed by atoms with E-state index in [4.69, 9.17) is 5.73 Å². The Kier molecular flexibility index (Phi) is 3.62. The van der Waals surface area contributed by atoms with Gasteiger partial charge in [-0.1, -0.05) is 13.8 Å². The molecule has 0 aliphatic heterocycles. The van der Waals surface area contributed by atoms with E-state index in [9.17, 15) is 5.11 Å². The van der Waals surface area contributed by atoms with E-state index in [2.05, 4.69) is 29.1 Å². The number of aromatic nitrogens is 2. The van der Waals surface area contributed by atoms with Crippen LogP contribution < -0.4 is 11.1 Å². The number of hydrogen-bond donors (Lipinski definition) is 3. The highest BCUT2D eigenvalue weighted by molar-refractivity contribution is 5.90. The largest absolute Gasteiger partial charge is 0.399 e. The first-order chi connectivity index (χ1) is 8.61. The molecule has 1 aromatic heterocycles. The van der Waals surface area contributed by atoms with Crippen molar-refractivity contribution in [3.63, 3.8) is 0 Å². The summed E-state index contributed by atoms with van der Waals surface area (Å²) in [6, 6.07) is 5.49. The van der Waals surface area contributed by atoms with Gasteiger partial charge in [-0.3, -0.25) is 0 Å². The standard InChI is InChI=1S/C13H18N4O/c1-8(2)12(6-18)17-13-10-4-3-9(14)5-11(10)15-7-16-13/h3-5,7-8,12,18H,6,14H2,1-2H3,(H,15,16,17). The van der Waals surface area contributed by atoms with Crippen LogP contribution in [0.2, 0.25) is 0 Å². The van der Waals surface area contributed by atoms with Crippen LogP contribution >= 0.6 is 0 Å². The summed E-state index contributed by atoms with van der Waals surface area (Å²) in [6.45, 7) is 4.17. The Morgan fingerprint density at radius 3 is 2.78 bits per heavy atom. The maximum Gasteiger partial charge on any atom is 0.137 e. The van der Waals surface area contributed by atoms with E-state index < -0.39 is 0 Å². The second-order valence-electron chi connectivity index (χ2n) is 4.68. The molecule has 2 aromatic rings. The summed E-state index contributed by atoms with van der Waals surface area (Å²) in [7, 11) is 0. The fourth-order valence-corrected chi connectivity index (χ4v) is 1.79. The van der Waals surface area contributed by atoms with Crippen molar-refractivity contribution in [1.82, 2.24) is 9.97 Å². The summed E-state index contributed by atoms with van der Waals surface area (Å²) in [5.74, 6) is 1.04. The van der Waals surface area contributed by atoms with Gasteiger partial charge >= 0.3 is 0 Å². The molecule has 18 heavy (non-hydrogen) atoms. The van der Waals surface area contributed by atoms with E-state index in [1.54, 1.807) is 0 Å². The smallest absolute Gasteiger partial charge is 0.137 e. The number of fused-ring (bicyclic) bond motifs is 1. The molecular weight excluding hydrogens is 228 g/mol. The maximum absolute atomic E-state index is 9.35. The number of anilines is 2. The minimum absolute atomic E-state index is 0.0272. The van der Waals surface area contributed by atoms with Gasteiger partial charge in [0, 0.05) is 11.1 Å². The number of aliphatic hydroxyl groups excluding tert-OH is 1. The zero-order valence-corrected chi connectivity index (χ0v) is 10.6. The Balaban J connectivity index is 2.39. The van der Waals surface area contributed by atoms with Crippen LogP contribution in [-0.4, -0.2) is 27.7 Å². The van der Waals surface area contributed by atoms with Crippen LogP contribution in [0.4, 0.5) is 11.5 Å². The first kappa shape index (κ1) is 12.6. The van der Waals surface area contributed by atoms with Gasteiger partial charge in [-0.25, -0.2) is 9.97 Å². The highest BCUT2D eigenvalue weighted by Gasteiger charge is 2.14. The van der Waals surface area contributed by atoms with Gasteiger partial charge in [0.2, 0.25) is 0 Å². The lowest BCUT2D eigenvalue weighted by Crippen LogP contribution is -2.29. The summed E-state index contributed by atoms with van der Waals surface area (Å²) < 4.78 is 0. The summed E-state index contributed by atoms with van der Waals surface area (Å²) in [5, 5.41) is 13.5. The Morgan fingerprint density at radius 1 is 1.33 bits per heavy atom. The normalized spacial score (nSPS) is 12.9. The molecule has 2 rings (SSSR count). The molecule has 0 radical (unpaired) electrons. The Labute approximate surface area is 106 Å². The molecule has 0 aliphatic rings. The van der Waals surface area contributed by atoms with E-state index in [-0.39, 0.29) is 12.6 Å². The average molecular weight is 246 g/mol. The van der Waals surface area contributed by atoms with Gasteiger partial charge < -0.3 is 16.2 Å². The van der Waals surface area contributed by atoms with Crippen LogP contribution in [0.3, 0.4) is 0 Å². The maximum atomic E-state index is 9.35. The molecule has 1 aromatic carbocycles. The minimum atomic E-state index is -0.0272. The lowest BCUT2D eigenvalue weighted by Gasteiger charge is -2.21. The number of nitrogens with two attached hydrogens (primary N) is 1. The molecule has 0 saturated heterocycles. The zero-order chi connectivity index (χ0) is 13.1. The molecule has 0 saturated carbocycles. The van der Waals surface area contributed by atoms with E-state index in [1.165, 1.54) is 6.33 Å². The van der Waals surface area contributed by atoms with Gasteiger partial charge in [-0.2, -0.15) is 0 Å². The van der Waals surface area contributed by atoms with E-state index in [1.807, 2.05) is 18.2 Å². The molecule has 0 amide bonds. The lowest BCUT2D eigenvalue weighted by molar-refractivity contribution is 0.249. The SMILES string of the molecule is CC(C)C(CO)Nc1ncnc2cc(N)ccc12. The van der Waals surface area contributed by atoms with Crippen LogP contribution in [-0.2, 0) is 0 Å². The van der Waals surface area contributed by atoms with Crippen molar-refractivity contribution in [2.75, 3.05) is 17.7 Å². The molecule has 1 unspecified atom stereocenters. The summed E-state index contributed by atoms with van der Waals surface area (Å²) in [4.78, 5) is 8.42. The van der Waals surface area contributed by atoms with Crippen LogP contribution in [0.15, 0.2) is 24.5 Å². The third-order valence-corrected chi connectivity index (χ3v) is 2.98. The fraction of sp³-hybridized carbons (Fsp3) is 0.385. The van der Waals surface area contributed by atoms with E-state index >= 15 is 0 Å². The van der Waals surface area contributed by atoms with Crippen molar-refractivity contribution in [2.24, 2.45) is 5.92 Å². The van der Waals surface area contributed by atoms with Crippen molar-refractivity contribution < 1.29 is 5.11 Å². The van der Waals surface area contributed by atoms with Crippen molar-refractivity contribution >= 4 is 22.4 Å². The average Bonchev–Trinajstić information content (AvgIpc) is 2.35. The fourth-order valence-electron chi connectivity index (χ4n) is 1.79. The van der Waals surface area contributed by atoms with Gasteiger partial charge in [-0.15, -0.1) is 0 Å². The van der Waals surface area contributed by atoms with Crippen molar-refractivity contribution in [3.05, 3.63) is 24.5 Å². The van der Waals surface area contributed by atoms with Crippen molar-refractivity contribution in [3.8, 4) is 0 Å². The third-order valence-electron chi connectivity index (χ3n) is 2.98. The highest BCUT2D eigenvalue weighted by atomic mass is 16.3.